The molecule has 0 bridgehead atoms. The number of aromatic nitrogens is 1. The van der Waals surface area contributed by atoms with Crippen molar-refractivity contribution in [1.82, 2.24) is 5.16 Å². The second kappa shape index (κ2) is 6.55. The number of nitrogens with zero attached hydrogens (tertiary/aromatic N) is 1. The Bertz CT molecular complexity index is 1080. The lowest BCUT2D eigenvalue weighted by atomic mass is 10.1. The summed E-state index contributed by atoms with van der Waals surface area (Å²) < 4.78 is 10.7. The molecule has 0 saturated heterocycles. The molecular formula is C19H16ClNO4S. The SMILES string of the molecule is Cc1noc(C)c1C(O)c1ccc(-c2cc(Cl)c3oc(CO)cc3c2)s1. The first-order valence-corrected chi connectivity index (χ1v) is 9.21. The number of fused-ring (bicyclic) bond motifs is 1. The average Bonchev–Trinajstić information content (AvgIpc) is 3.33. The van der Waals surface area contributed by atoms with Gasteiger partial charge in [-0.2, -0.15) is 0 Å². The molecule has 0 spiro atoms. The Labute approximate surface area is 158 Å². The molecule has 26 heavy (non-hydrogen) atoms. The zero-order chi connectivity index (χ0) is 18.4. The zero-order valence-corrected chi connectivity index (χ0v) is 15.7. The maximum atomic E-state index is 10.7. The molecule has 0 saturated carbocycles. The van der Waals surface area contributed by atoms with Crippen LogP contribution in [0.25, 0.3) is 21.4 Å². The van der Waals surface area contributed by atoms with Crippen LogP contribution in [-0.2, 0) is 6.61 Å². The number of halogens is 1. The molecule has 4 aromatic rings. The Morgan fingerprint density at radius 3 is 2.73 bits per heavy atom. The predicted molar refractivity (Wildman–Crippen MR) is 100 cm³/mol. The second-order valence-electron chi connectivity index (χ2n) is 6.09. The summed E-state index contributed by atoms with van der Waals surface area (Å²) in [6.07, 6.45) is -0.783. The molecule has 134 valence electrons. The Morgan fingerprint density at radius 1 is 1.23 bits per heavy atom. The van der Waals surface area contributed by atoms with Crippen LogP contribution in [0.5, 0.6) is 0 Å². The van der Waals surface area contributed by atoms with E-state index in [4.69, 9.17) is 20.5 Å². The van der Waals surface area contributed by atoms with Crippen molar-refractivity contribution in [3.05, 3.63) is 63.0 Å². The van der Waals surface area contributed by atoms with Crippen LogP contribution in [0.1, 0.15) is 33.8 Å². The van der Waals surface area contributed by atoms with E-state index in [9.17, 15) is 10.2 Å². The van der Waals surface area contributed by atoms with Gasteiger partial charge in [-0.25, -0.2) is 0 Å². The Morgan fingerprint density at radius 2 is 2.04 bits per heavy atom. The number of hydrogen-bond donors (Lipinski definition) is 2. The van der Waals surface area contributed by atoms with Gasteiger partial charge in [0, 0.05) is 15.1 Å². The highest BCUT2D eigenvalue weighted by Crippen LogP contribution is 2.39. The molecule has 3 heterocycles. The van der Waals surface area contributed by atoms with Crippen LogP contribution >= 0.6 is 22.9 Å². The van der Waals surface area contributed by atoms with Gasteiger partial charge < -0.3 is 19.2 Å². The standard InChI is InChI=1S/C19H16ClNO4S/c1-9-17(10(2)25-21-9)18(23)16-4-3-15(26-16)11-5-12-6-13(8-22)24-19(12)14(20)7-11/h3-7,18,22-23H,8H2,1-2H3. The Hall–Kier alpha value is -2.12. The third-order valence-electron chi connectivity index (χ3n) is 4.32. The van der Waals surface area contributed by atoms with Crippen LogP contribution in [-0.4, -0.2) is 15.4 Å². The van der Waals surface area contributed by atoms with Crippen molar-refractivity contribution in [3.63, 3.8) is 0 Å². The van der Waals surface area contributed by atoms with Gasteiger partial charge in [0.1, 0.15) is 24.2 Å². The number of aryl methyl sites for hydroxylation is 2. The van der Waals surface area contributed by atoms with Crippen LogP contribution < -0.4 is 0 Å². The van der Waals surface area contributed by atoms with E-state index < -0.39 is 6.10 Å². The summed E-state index contributed by atoms with van der Waals surface area (Å²) in [6, 6.07) is 9.40. The molecule has 1 unspecified atom stereocenters. The van der Waals surface area contributed by atoms with E-state index in [1.54, 1.807) is 13.0 Å². The van der Waals surface area contributed by atoms with Crippen LogP contribution in [0.2, 0.25) is 5.02 Å². The summed E-state index contributed by atoms with van der Waals surface area (Å²) in [4.78, 5) is 1.77. The molecule has 3 aromatic heterocycles. The monoisotopic (exact) mass is 389 g/mol. The van der Waals surface area contributed by atoms with Crippen LogP contribution in [0.3, 0.4) is 0 Å². The first-order valence-electron chi connectivity index (χ1n) is 8.01. The van der Waals surface area contributed by atoms with Gasteiger partial charge in [0.2, 0.25) is 0 Å². The van der Waals surface area contributed by atoms with Gasteiger partial charge in [-0.05, 0) is 49.7 Å². The van der Waals surface area contributed by atoms with Crippen LogP contribution in [0, 0.1) is 13.8 Å². The summed E-state index contributed by atoms with van der Waals surface area (Å²) in [5, 5.41) is 25.2. The molecule has 0 fully saturated rings. The topological polar surface area (TPSA) is 79.6 Å². The van der Waals surface area contributed by atoms with Crippen molar-refractivity contribution >= 4 is 33.9 Å². The van der Waals surface area contributed by atoms with E-state index in [1.807, 2.05) is 31.2 Å². The number of benzene rings is 1. The molecule has 1 atom stereocenters. The van der Waals surface area contributed by atoms with E-state index in [0.29, 0.717) is 33.4 Å². The highest BCUT2D eigenvalue weighted by Gasteiger charge is 2.22. The smallest absolute Gasteiger partial charge is 0.153 e. The normalized spacial score (nSPS) is 12.8. The maximum absolute atomic E-state index is 10.7. The highest BCUT2D eigenvalue weighted by molar-refractivity contribution is 7.15. The number of rotatable bonds is 4. The fourth-order valence-electron chi connectivity index (χ4n) is 3.06. The Balaban J connectivity index is 1.73. The van der Waals surface area contributed by atoms with Crippen molar-refractivity contribution < 1.29 is 19.2 Å². The molecule has 4 rings (SSSR count). The lowest BCUT2D eigenvalue weighted by Crippen LogP contribution is -1.99. The van der Waals surface area contributed by atoms with E-state index >= 15 is 0 Å². The van der Waals surface area contributed by atoms with Crippen LogP contribution in [0.4, 0.5) is 0 Å². The van der Waals surface area contributed by atoms with Gasteiger partial charge in [0.15, 0.2) is 5.58 Å². The number of furan rings is 1. The van der Waals surface area contributed by atoms with Gasteiger partial charge in [-0.1, -0.05) is 16.8 Å². The van der Waals surface area contributed by atoms with Gasteiger partial charge >= 0.3 is 0 Å². The number of aliphatic hydroxyl groups excluding tert-OH is 2. The molecule has 0 aliphatic carbocycles. The molecule has 1 aromatic carbocycles. The molecule has 7 heteroatoms. The molecule has 0 radical (unpaired) electrons. The second-order valence-corrected chi connectivity index (χ2v) is 7.61. The summed E-state index contributed by atoms with van der Waals surface area (Å²) in [5.41, 5.74) is 2.88. The first kappa shape index (κ1) is 17.3. The molecule has 0 aliphatic heterocycles. The minimum absolute atomic E-state index is 0.173. The predicted octanol–water partition coefficient (Wildman–Crippen LogP) is 4.99. The van der Waals surface area contributed by atoms with E-state index in [1.165, 1.54) is 11.3 Å². The fourth-order valence-corrected chi connectivity index (χ4v) is 4.32. The third kappa shape index (κ3) is 2.85. The number of aliphatic hydroxyl groups is 2. The van der Waals surface area contributed by atoms with Gasteiger partial charge in [0.25, 0.3) is 0 Å². The van der Waals surface area contributed by atoms with Gasteiger partial charge in [-0.3, -0.25) is 0 Å². The van der Waals surface area contributed by atoms with E-state index in [0.717, 1.165) is 20.7 Å². The molecular weight excluding hydrogens is 374 g/mol. The summed E-state index contributed by atoms with van der Waals surface area (Å²) >= 11 is 7.82. The van der Waals surface area contributed by atoms with Crippen molar-refractivity contribution in [3.8, 4) is 10.4 Å². The quantitative estimate of drug-likeness (QED) is 0.513. The minimum Gasteiger partial charge on any atom is -0.457 e. The lowest BCUT2D eigenvalue weighted by molar-refractivity contribution is 0.221. The summed E-state index contributed by atoms with van der Waals surface area (Å²) in [6.45, 7) is 3.43. The summed E-state index contributed by atoms with van der Waals surface area (Å²) in [5.74, 6) is 1.09. The molecule has 2 N–H and O–H groups in total. The highest BCUT2D eigenvalue weighted by atomic mass is 35.5. The lowest BCUT2D eigenvalue weighted by Gasteiger charge is -2.07. The van der Waals surface area contributed by atoms with Crippen molar-refractivity contribution in [2.45, 2.75) is 26.6 Å². The van der Waals surface area contributed by atoms with Gasteiger partial charge in [-0.15, -0.1) is 11.3 Å². The average molecular weight is 390 g/mol. The van der Waals surface area contributed by atoms with Crippen molar-refractivity contribution in [2.75, 3.05) is 0 Å². The van der Waals surface area contributed by atoms with Crippen LogP contribution in [0.15, 0.2) is 39.3 Å². The number of thiophene rings is 1. The third-order valence-corrected chi connectivity index (χ3v) is 5.79. The maximum Gasteiger partial charge on any atom is 0.153 e. The van der Waals surface area contributed by atoms with E-state index in [-0.39, 0.29) is 6.61 Å². The largest absolute Gasteiger partial charge is 0.457 e. The van der Waals surface area contributed by atoms with E-state index in [2.05, 4.69) is 5.16 Å². The minimum atomic E-state index is -0.783. The zero-order valence-electron chi connectivity index (χ0n) is 14.1. The fraction of sp³-hybridized carbons (Fsp3) is 0.211. The molecule has 0 amide bonds. The molecule has 0 aliphatic rings. The summed E-state index contributed by atoms with van der Waals surface area (Å²) in [7, 11) is 0. The first-order chi connectivity index (χ1) is 12.5. The van der Waals surface area contributed by atoms with Crippen molar-refractivity contribution in [2.24, 2.45) is 0 Å². The van der Waals surface area contributed by atoms with Crippen molar-refractivity contribution in [1.29, 1.82) is 0 Å². The number of hydrogen-bond acceptors (Lipinski definition) is 6. The Kier molecular flexibility index (Phi) is 4.36. The molecule has 5 nitrogen and oxygen atoms in total. The van der Waals surface area contributed by atoms with Gasteiger partial charge in [0.05, 0.1) is 16.3 Å².